The molecular formula is C15H33NO4P+. The van der Waals surface area contributed by atoms with E-state index >= 15 is 0 Å². The minimum atomic E-state index is -3.50. The fourth-order valence-corrected chi connectivity index (χ4v) is 4.61. The maximum Gasteiger partial charge on any atom is 0.475 e. The van der Waals surface area contributed by atoms with E-state index in [4.69, 9.17) is 13.6 Å². The van der Waals surface area contributed by atoms with Crippen LogP contribution in [0.5, 0.6) is 0 Å². The molecule has 0 saturated carbocycles. The van der Waals surface area contributed by atoms with Crippen molar-refractivity contribution >= 4 is 7.82 Å². The van der Waals surface area contributed by atoms with Crippen LogP contribution in [0.3, 0.4) is 0 Å². The average molecular weight is 322 g/mol. The molecule has 1 heterocycles. The number of rotatable bonds is 8. The molecule has 1 aliphatic heterocycles. The maximum atomic E-state index is 12.7. The van der Waals surface area contributed by atoms with E-state index in [1.165, 1.54) is 19.3 Å². The molecule has 1 atom stereocenters. The third-order valence-electron chi connectivity index (χ3n) is 3.58. The molecule has 0 aliphatic carbocycles. The van der Waals surface area contributed by atoms with Crippen molar-refractivity contribution in [2.45, 2.75) is 72.2 Å². The lowest BCUT2D eigenvalue weighted by molar-refractivity contribution is -0.916. The number of phosphoric acid groups is 1. The van der Waals surface area contributed by atoms with E-state index in [2.05, 4.69) is 7.05 Å². The summed E-state index contributed by atoms with van der Waals surface area (Å²) in [5.41, 5.74) is 0. The van der Waals surface area contributed by atoms with Crippen LogP contribution in [0.15, 0.2) is 0 Å². The zero-order valence-corrected chi connectivity index (χ0v) is 15.4. The van der Waals surface area contributed by atoms with E-state index in [0.717, 1.165) is 24.1 Å². The van der Waals surface area contributed by atoms with Gasteiger partial charge in [0.1, 0.15) is 12.6 Å². The molecule has 0 N–H and O–H groups in total. The Morgan fingerprint density at radius 3 is 1.81 bits per heavy atom. The van der Waals surface area contributed by atoms with Gasteiger partial charge in [-0.05, 0) is 53.9 Å². The lowest BCUT2D eigenvalue weighted by Crippen LogP contribution is -2.51. The summed E-state index contributed by atoms with van der Waals surface area (Å²) in [6.07, 6.45) is 3.28. The van der Waals surface area contributed by atoms with Crippen molar-refractivity contribution < 1.29 is 22.6 Å². The van der Waals surface area contributed by atoms with Gasteiger partial charge in [0.05, 0.1) is 32.3 Å². The minimum Gasteiger partial charge on any atom is -0.324 e. The summed E-state index contributed by atoms with van der Waals surface area (Å²) in [6.45, 7) is 12.5. The van der Waals surface area contributed by atoms with E-state index in [9.17, 15) is 4.57 Å². The summed E-state index contributed by atoms with van der Waals surface area (Å²) >= 11 is 0. The molecule has 6 heteroatoms. The average Bonchev–Trinajstić information content (AvgIpc) is 2.24. The summed E-state index contributed by atoms with van der Waals surface area (Å²) in [6, 6.07) is 0. The highest BCUT2D eigenvalue weighted by Gasteiger charge is 2.35. The first-order valence-electron chi connectivity index (χ1n) is 8.13. The first-order valence-corrected chi connectivity index (χ1v) is 9.59. The predicted molar refractivity (Wildman–Crippen MR) is 85.2 cm³/mol. The summed E-state index contributed by atoms with van der Waals surface area (Å²) in [4.78, 5) is 0. The lowest BCUT2D eigenvalue weighted by Gasteiger charge is -2.39. The predicted octanol–water partition coefficient (Wildman–Crippen LogP) is 3.98. The van der Waals surface area contributed by atoms with Crippen LogP contribution >= 0.6 is 7.82 Å². The van der Waals surface area contributed by atoms with Crippen molar-refractivity contribution in [3.8, 4) is 0 Å². The Morgan fingerprint density at radius 2 is 1.38 bits per heavy atom. The fourth-order valence-electron chi connectivity index (χ4n) is 2.92. The molecule has 1 fully saturated rings. The molecular weight excluding hydrogens is 289 g/mol. The van der Waals surface area contributed by atoms with Crippen LogP contribution in [0.4, 0.5) is 0 Å². The Hall–Kier alpha value is 0.0700. The standard InChI is InChI=1S/C15H33NO4P/c1-13(2)18-21(17,19-14(3)4)20-15(5)12-16(6)10-8-7-9-11-16/h13-15H,7-12H2,1-6H3/q+1. The van der Waals surface area contributed by atoms with Gasteiger partial charge in [0.2, 0.25) is 0 Å². The highest BCUT2D eigenvalue weighted by atomic mass is 31.2. The van der Waals surface area contributed by atoms with Gasteiger partial charge >= 0.3 is 7.82 Å². The maximum absolute atomic E-state index is 12.7. The second-order valence-electron chi connectivity index (χ2n) is 6.98. The molecule has 0 aromatic heterocycles. The van der Waals surface area contributed by atoms with Crippen LogP contribution in [0, 0.1) is 0 Å². The summed E-state index contributed by atoms with van der Waals surface area (Å²) in [5, 5.41) is 0. The molecule has 0 amide bonds. The van der Waals surface area contributed by atoms with Gasteiger partial charge in [-0.2, -0.15) is 0 Å². The first-order chi connectivity index (χ1) is 9.64. The molecule has 1 unspecified atom stereocenters. The Bertz CT molecular complexity index is 340. The number of phosphoric ester groups is 1. The number of nitrogens with zero attached hydrogens (tertiary/aromatic N) is 1. The number of likely N-dealkylation sites (N-methyl/N-ethyl adjacent to an activating group) is 1. The van der Waals surface area contributed by atoms with E-state index in [1.807, 2.05) is 34.6 Å². The van der Waals surface area contributed by atoms with E-state index in [-0.39, 0.29) is 18.3 Å². The number of likely N-dealkylation sites (tertiary alicyclic amines) is 1. The molecule has 21 heavy (non-hydrogen) atoms. The molecule has 5 nitrogen and oxygen atoms in total. The van der Waals surface area contributed by atoms with Gasteiger partial charge in [-0.1, -0.05) is 0 Å². The summed E-state index contributed by atoms with van der Waals surface area (Å²) in [5.74, 6) is 0. The second kappa shape index (κ2) is 8.07. The van der Waals surface area contributed by atoms with Crippen molar-refractivity contribution in [3.05, 3.63) is 0 Å². The molecule has 126 valence electrons. The monoisotopic (exact) mass is 322 g/mol. The Labute approximate surface area is 130 Å². The fraction of sp³-hybridized carbons (Fsp3) is 1.00. The van der Waals surface area contributed by atoms with Crippen LogP contribution in [-0.2, 0) is 18.1 Å². The normalized spacial score (nSPS) is 21.0. The zero-order chi connectivity index (χ0) is 16.1. The van der Waals surface area contributed by atoms with Crippen LogP contribution in [0.1, 0.15) is 53.9 Å². The van der Waals surface area contributed by atoms with Gasteiger partial charge in [0.15, 0.2) is 0 Å². The first kappa shape index (κ1) is 19.1. The Balaban J connectivity index is 2.62. The molecule has 1 saturated heterocycles. The van der Waals surface area contributed by atoms with E-state index in [0.29, 0.717) is 0 Å². The van der Waals surface area contributed by atoms with Crippen LogP contribution < -0.4 is 0 Å². The zero-order valence-electron chi connectivity index (χ0n) is 14.5. The molecule has 0 aromatic carbocycles. The van der Waals surface area contributed by atoms with Gasteiger partial charge in [-0.15, -0.1) is 0 Å². The third-order valence-corrected chi connectivity index (χ3v) is 5.56. The van der Waals surface area contributed by atoms with Gasteiger partial charge in [-0.3, -0.25) is 13.6 Å². The molecule has 0 spiro atoms. The van der Waals surface area contributed by atoms with Crippen LogP contribution in [0.2, 0.25) is 0 Å². The van der Waals surface area contributed by atoms with Crippen molar-refractivity contribution in [2.24, 2.45) is 0 Å². The number of hydrogen-bond acceptors (Lipinski definition) is 4. The van der Waals surface area contributed by atoms with Crippen molar-refractivity contribution in [1.29, 1.82) is 0 Å². The number of hydrogen-bond donors (Lipinski definition) is 0. The molecule has 1 rings (SSSR count). The topological polar surface area (TPSA) is 44.8 Å². The SMILES string of the molecule is CC(C)OP(=O)(OC(C)C)OC(C)C[N+]1(C)CCCCC1. The molecule has 0 aromatic rings. The molecule has 1 aliphatic rings. The van der Waals surface area contributed by atoms with Gasteiger partial charge in [0, 0.05) is 0 Å². The highest BCUT2D eigenvalue weighted by molar-refractivity contribution is 7.48. The second-order valence-corrected chi connectivity index (χ2v) is 8.51. The number of quaternary nitrogens is 1. The van der Waals surface area contributed by atoms with Crippen molar-refractivity contribution in [2.75, 3.05) is 26.7 Å². The van der Waals surface area contributed by atoms with E-state index < -0.39 is 7.82 Å². The Kier molecular flexibility index (Phi) is 7.35. The molecule has 0 radical (unpaired) electrons. The van der Waals surface area contributed by atoms with Crippen LogP contribution in [-0.4, -0.2) is 49.5 Å². The lowest BCUT2D eigenvalue weighted by atomic mass is 10.1. The Morgan fingerprint density at radius 1 is 0.905 bits per heavy atom. The molecule has 0 bridgehead atoms. The highest BCUT2D eigenvalue weighted by Crippen LogP contribution is 2.52. The summed E-state index contributed by atoms with van der Waals surface area (Å²) in [7, 11) is -1.25. The van der Waals surface area contributed by atoms with E-state index in [1.54, 1.807) is 0 Å². The van der Waals surface area contributed by atoms with Gasteiger partial charge in [0.25, 0.3) is 0 Å². The number of piperidine rings is 1. The minimum absolute atomic E-state index is 0.156. The largest absolute Gasteiger partial charge is 0.475 e. The van der Waals surface area contributed by atoms with Crippen LogP contribution in [0.25, 0.3) is 0 Å². The quantitative estimate of drug-likeness (QED) is 0.501. The van der Waals surface area contributed by atoms with Crippen molar-refractivity contribution in [3.63, 3.8) is 0 Å². The smallest absolute Gasteiger partial charge is 0.324 e. The summed E-state index contributed by atoms with van der Waals surface area (Å²) < 4.78 is 30.3. The van der Waals surface area contributed by atoms with Crippen molar-refractivity contribution in [1.82, 2.24) is 0 Å². The van der Waals surface area contributed by atoms with Gasteiger partial charge < -0.3 is 4.48 Å². The third kappa shape index (κ3) is 7.25. The van der Waals surface area contributed by atoms with Gasteiger partial charge in [-0.25, -0.2) is 4.57 Å².